The number of allylic oxidation sites excluding steroid dienone is 4. The molecular formula is C17H21FN4O6. The van der Waals surface area contributed by atoms with Crippen LogP contribution in [0.25, 0.3) is 0 Å². The highest BCUT2D eigenvalue weighted by Crippen LogP contribution is 2.29. The van der Waals surface area contributed by atoms with Gasteiger partial charge in [-0.3, -0.25) is 14.5 Å². The average molecular weight is 396 g/mol. The molecule has 1 aliphatic carbocycles. The Hall–Kier alpha value is -2.95. The third-order valence-corrected chi connectivity index (χ3v) is 4.48. The fraction of sp³-hybridized carbons (Fsp3) is 0.529. The number of halogens is 1. The monoisotopic (exact) mass is 396 g/mol. The molecule has 1 N–H and O–H groups in total. The van der Waals surface area contributed by atoms with Crippen LogP contribution in [0.5, 0.6) is 0 Å². The predicted octanol–water partition coefficient (Wildman–Crippen LogP) is -0.0403. The Labute approximate surface area is 160 Å². The Balaban J connectivity index is 1.63. The van der Waals surface area contributed by atoms with Crippen molar-refractivity contribution in [1.29, 1.82) is 0 Å². The molecule has 28 heavy (non-hydrogen) atoms. The number of aliphatic hydroxyl groups is 1. The molecule has 2 aliphatic heterocycles. The molecule has 11 heteroatoms. The lowest BCUT2D eigenvalue weighted by atomic mass is 10.0. The number of aliphatic hydroxyl groups excluding tert-OH is 1. The highest BCUT2D eigenvalue weighted by Gasteiger charge is 2.36. The number of ether oxygens (including phenoxy) is 2. The largest absolute Gasteiger partial charge is 0.456 e. The first kappa shape index (κ1) is 19.8. The van der Waals surface area contributed by atoms with Gasteiger partial charge in [-0.1, -0.05) is 0 Å². The second-order valence-electron chi connectivity index (χ2n) is 6.44. The van der Waals surface area contributed by atoms with E-state index < -0.39 is 36.9 Å². The highest BCUT2D eigenvalue weighted by atomic mass is 19.1. The van der Waals surface area contributed by atoms with E-state index >= 15 is 0 Å². The van der Waals surface area contributed by atoms with E-state index in [4.69, 9.17) is 9.84 Å². The Bertz CT molecular complexity index is 752. The average Bonchev–Trinajstić information content (AvgIpc) is 3.07. The summed E-state index contributed by atoms with van der Waals surface area (Å²) < 4.78 is 24.4. The molecule has 2 heterocycles. The first-order chi connectivity index (χ1) is 13.4. The Morgan fingerprint density at radius 2 is 2.18 bits per heavy atom. The van der Waals surface area contributed by atoms with Gasteiger partial charge in [-0.05, 0) is 12.2 Å². The van der Waals surface area contributed by atoms with Crippen LogP contribution in [0.15, 0.2) is 28.6 Å². The zero-order valence-electron chi connectivity index (χ0n) is 15.3. The molecule has 0 bridgehead atoms. The number of carbonyl (C=O) groups is 3. The van der Waals surface area contributed by atoms with E-state index in [2.05, 4.69) is 9.84 Å². The number of hydrazone groups is 1. The normalized spacial score (nSPS) is 24.7. The lowest BCUT2D eigenvalue weighted by molar-refractivity contribution is -0.150. The molecule has 0 spiro atoms. The number of esters is 1. The predicted molar refractivity (Wildman–Crippen MR) is 93.3 cm³/mol. The van der Waals surface area contributed by atoms with Gasteiger partial charge in [0.05, 0.1) is 25.4 Å². The molecule has 0 aromatic heterocycles. The summed E-state index contributed by atoms with van der Waals surface area (Å²) in [7, 11) is 0. The van der Waals surface area contributed by atoms with Crippen LogP contribution in [-0.4, -0.2) is 89.3 Å². The number of amides is 2. The van der Waals surface area contributed by atoms with E-state index in [1.165, 1.54) is 18.2 Å². The van der Waals surface area contributed by atoms with Crippen LogP contribution < -0.4 is 0 Å². The molecule has 0 aromatic carbocycles. The van der Waals surface area contributed by atoms with Gasteiger partial charge >= 0.3 is 12.1 Å². The Morgan fingerprint density at radius 3 is 2.75 bits per heavy atom. The molecule has 0 saturated carbocycles. The van der Waals surface area contributed by atoms with Crippen LogP contribution >= 0.6 is 0 Å². The second kappa shape index (κ2) is 8.38. The van der Waals surface area contributed by atoms with Crippen molar-refractivity contribution in [3.05, 3.63) is 23.5 Å². The smallest absolute Gasteiger partial charge is 0.414 e. The van der Waals surface area contributed by atoms with Crippen LogP contribution in [0.3, 0.4) is 0 Å². The Kier molecular flexibility index (Phi) is 5.93. The van der Waals surface area contributed by atoms with Gasteiger partial charge in [-0.25, -0.2) is 14.2 Å². The summed E-state index contributed by atoms with van der Waals surface area (Å²) in [4.78, 5) is 37.4. The van der Waals surface area contributed by atoms with Crippen molar-refractivity contribution < 1.29 is 33.4 Å². The van der Waals surface area contributed by atoms with E-state index in [0.29, 0.717) is 17.9 Å². The van der Waals surface area contributed by atoms with Crippen molar-refractivity contribution >= 4 is 24.3 Å². The lowest BCUT2D eigenvalue weighted by Gasteiger charge is -2.33. The maximum absolute atomic E-state index is 14.7. The maximum Gasteiger partial charge on any atom is 0.414 e. The van der Waals surface area contributed by atoms with Crippen LogP contribution in [0.2, 0.25) is 0 Å². The number of carbonyl (C=O) groups excluding carboxylic acids is 3. The standard InChI is InChI=1S/C17H21FN4O6/c1-11(24)27-9-16(25)22-5-4-20(10-19-22)15-3-2-12(6-14(15)18)21-7-13(8-23)28-17(21)26/h2-3,10,13-14,23H,4-9H2,1H3. The lowest BCUT2D eigenvalue weighted by Crippen LogP contribution is -2.43. The van der Waals surface area contributed by atoms with E-state index in [1.54, 1.807) is 17.1 Å². The molecular weight excluding hydrogens is 375 g/mol. The second-order valence-corrected chi connectivity index (χ2v) is 6.44. The first-order valence-electron chi connectivity index (χ1n) is 8.77. The van der Waals surface area contributed by atoms with Crippen molar-refractivity contribution in [3.8, 4) is 0 Å². The van der Waals surface area contributed by atoms with Crippen molar-refractivity contribution in [2.24, 2.45) is 5.10 Å². The van der Waals surface area contributed by atoms with Crippen LogP contribution in [0.1, 0.15) is 13.3 Å². The zero-order chi connectivity index (χ0) is 20.3. The van der Waals surface area contributed by atoms with Gasteiger partial charge in [0.1, 0.15) is 18.6 Å². The van der Waals surface area contributed by atoms with E-state index in [-0.39, 0.29) is 26.1 Å². The van der Waals surface area contributed by atoms with Crippen LogP contribution in [0, 0.1) is 0 Å². The molecule has 2 unspecified atom stereocenters. The maximum atomic E-state index is 14.7. The molecule has 1 fully saturated rings. The number of alkyl halides is 1. The topological polar surface area (TPSA) is 112 Å². The molecule has 2 atom stereocenters. The number of hydrogen-bond donors (Lipinski definition) is 1. The van der Waals surface area contributed by atoms with Crippen LogP contribution in [0.4, 0.5) is 9.18 Å². The van der Waals surface area contributed by atoms with Crippen molar-refractivity contribution in [1.82, 2.24) is 14.8 Å². The minimum absolute atomic E-state index is 0.0154. The van der Waals surface area contributed by atoms with Gasteiger partial charge < -0.3 is 19.5 Å². The third kappa shape index (κ3) is 4.30. The van der Waals surface area contributed by atoms with Crippen molar-refractivity contribution in [2.75, 3.05) is 32.8 Å². The minimum Gasteiger partial charge on any atom is -0.456 e. The molecule has 152 valence electrons. The molecule has 1 saturated heterocycles. The van der Waals surface area contributed by atoms with Crippen molar-refractivity contribution in [3.63, 3.8) is 0 Å². The SMILES string of the molecule is CC(=O)OCC(=O)N1CCN(C2=CC=C(N3CC(CO)OC3=O)CC2F)C=N1. The molecule has 10 nitrogen and oxygen atoms in total. The number of rotatable bonds is 5. The fourth-order valence-corrected chi connectivity index (χ4v) is 3.03. The van der Waals surface area contributed by atoms with E-state index in [9.17, 15) is 18.8 Å². The van der Waals surface area contributed by atoms with E-state index in [1.807, 2.05) is 0 Å². The van der Waals surface area contributed by atoms with Crippen molar-refractivity contribution in [2.45, 2.75) is 25.6 Å². The summed E-state index contributed by atoms with van der Waals surface area (Å²) in [5.41, 5.74) is 0.843. The Morgan fingerprint density at radius 1 is 1.39 bits per heavy atom. The van der Waals surface area contributed by atoms with Gasteiger partial charge in [0.25, 0.3) is 5.91 Å². The fourth-order valence-electron chi connectivity index (χ4n) is 3.03. The number of hydrogen-bond acceptors (Lipinski definition) is 8. The quantitative estimate of drug-likeness (QED) is 0.649. The summed E-state index contributed by atoms with van der Waals surface area (Å²) in [6, 6.07) is 0. The zero-order valence-corrected chi connectivity index (χ0v) is 15.3. The molecule has 0 radical (unpaired) electrons. The van der Waals surface area contributed by atoms with E-state index in [0.717, 1.165) is 5.01 Å². The summed E-state index contributed by atoms with van der Waals surface area (Å²) in [5.74, 6) is -1.02. The van der Waals surface area contributed by atoms with Crippen LogP contribution in [-0.2, 0) is 19.1 Å². The third-order valence-electron chi connectivity index (χ3n) is 4.48. The van der Waals surface area contributed by atoms with Gasteiger partial charge in [-0.2, -0.15) is 5.10 Å². The minimum atomic E-state index is -1.37. The molecule has 3 rings (SSSR count). The van der Waals surface area contributed by atoms with Gasteiger partial charge in [0.15, 0.2) is 6.61 Å². The summed E-state index contributed by atoms with van der Waals surface area (Å²) >= 11 is 0. The first-order valence-corrected chi connectivity index (χ1v) is 8.77. The summed E-state index contributed by atoms with van der Waals surface area (Å²) in [5, 5.41) is 14.2. The summed E-state index contributed by atoms with van der Waals surface area (Å²) in [6.07, 6.45) is 1.95. The molecule has 2 amide bonds. The highest BCUT2D eigenvalue weighted by molar-refractivity contribution is 5.81. The molecule has 0 aromatic rings. The van der Waals surface area contributed by atoms with Gasteiger partial charge in [0.2, 0.25) is 0 Å². The van der Waals surface area contributed by atoms with Gasteiger partial charge in [-0.15, -0.1) is 0 Å². The number of cyclic esters (lactones) is 1. The number of nitrogens with zero attached hydrogens (tertiary/aromatic N) is 4. The molecule has 3 aliphatic rings. The van der Waals surface area contributed by atoms with Gasteiger partial charge in [0, 0.05) is 25.6 Å². The summed E-state index contributed by atoms with van der Waals surface area (Å²) in [6.45, 7) is 1.25.